The number of anilines is 1. The number of hydrogen-bond donors (Lipinski definition) is 3. The van der Waals surface area contributed by atoms with E-state index in [0.29, 0.717) is 29.9 Å². The Morgan fingerprint density at radius 3 is 2.39 bits per heavy atom. The number of benzene rings is 2. The molecule has 2 aromatic carbocycles. The maximum Gasteiger partial charge on any atom is 0.190 e. The van der Waals surface area contributed by atoms with Crippen molar-refractivity contribution in [1.29, 1.82) is 5.26 Å². The van der Waals surface area contributed by atoms with E-state index in [1.165, 1.54) is 33.5 Å². The van der Waals surface area contributed by atoms with Gasteiger partial charge in [0.05, 0.1) is 11.4 Å². The number of nitriles is 1. The van der Waals surface area contributed by atoms with Crippen LogP contribution in [0.2, 0.25) is 0 Å². The van der Waals surface area contributed by atoms with Crippen LogP contribution in [-0.2, 0) is 12.8 Å². The molecule has 3 rings (SSSR count). The number of nitrogens with zero attached hydrogens (tertiary/aromatic N) is 4. The molecule has 0 fully saturated rings. The monoisotopic (exact) mass is 447 g/mol. The lowest BCUT2D eigenvalue weighted by molar-refractivity contribution is 0.627. The van der Waals surface area contributed by atoms with Crippen LogP contribution in [0.5, 0.6) is 0 Å². The summed E-state index contributed by atoms with van der Waals surface area (Å²) in [4.78, 5) is 4.27. The summed E-state index contributed by atoms with van der Waals surface area (Å²) in [5.41, 5.74) is 11.6. The molecule has 7 nitrogen and oxygen atoms in total. The molecular weight excluding hydrogens is 417 g/mol. The van der Waals surface area contributed by atoms with Crippen molar-refractivity contribution in [2.45, 2.75) is 33.1 Å². The van der Waals surface area contributed by atoms with E-state index in [4.69, 9.17) is 5.73 Å². The van der Waals surface area contributed by atoms with Crippen LogP contribution in [0.1, 0.15) is 34.4 Å². The third-order valence-electron chi connectivity index (χ3n) is 5.27. The van der Waals surface area contributed by atoms with Gasteiger partial charge in [0.25, 0.3) is 0 Å². The molecule has 1 heterocycles. The van der Waals surface area contributed by atoms with Gasteiger partial charge in [-0.2, -0.15) is 10.4 Å². The summed E-state index contributed by atoms with van der Waals surface area (Å²) in [5, 5.41) is 20.6. The minimum atomic E-state index is -0.340. The summed E-state index contributed by atoms with van der Waals surface area (Å²) in [6.45, 7) is 5.66. The normalized spacial score (nSPS) is 11.3. The van der Waals surface area contributed by atoms with E-state index in [0.717, 1.165) is 25.3 Å². The SMILES string of the molecule is CN=C(NCCCc1nn(-c2ccc(F)cc2)c(N)c1C#N)NCCc1cc(C)cc(C)c1. The number of aryl methyl sites for hydroxylation is 3. The van der Waals surface area contributed by atoms with Crippen LogP contribution in [0.3, 0.4) is 0 Å². The summed E-state index contributed by atoms with van der Waals surface area (Å²) in [6.07, 6.45) is 2.23. The van der Waals surface area contributed by atoms with E-state index < -0.39 is 0 Å². The molecule has 0 saturated carbocycles. The smallest absolute Gasteiger partial charge is 0.190 e. The summed E-state index contributed by atoms with van der Waals surface area (Å²) in [5.74, 6) is 0.652. The Kier molecular flexibility index (Phi) is 8.03. The lowest BCUT2D eigenvalue weighted by Crippen LogP contribution is -2.38. The molecule has 0 bridgehead atoms. The summed E-state index contributed by atoms with van der Waals surface area (Å²) >= 11 is 0. The fourth-order valence-electron chi connectivity index (χ4n) is 3.78. The Balaban J connectivity index is 1.50. The number of aromatic nitrogens is 2. The lowest BCUT2D eigenvalue weighted by Gasteiger charge is -2.12. The highest BCUT2D eigenvalue weighted by Crippen LogP contribution is 2.21. The molecule has 172 valence electrons. The van der Waals surface area contributed by atoms with E-state index in [9.17, 15) is 9.65 Å². The Bertz CT molecular complexity index is 1140. The standard InChI is InChI=1S/C25H30FN7/c1-17-13-18(2)15-19(14-17)10-12-31-25(29-3)30-11-4-5-23-22(16-27)24(28)33(32-23)21-8-6-20(26)7-9-21/h6-9,13-15H,4-5,10-12,28H2,1-3H3,(H2,29,30,31). The Morgan fingerprint density at radius 2 is 1.76 bits per heavy atom. The van der Waals surface area contributed by atoms with Crippen molar-refractivity contribution in [1.82, 2.24) is 20.4 Å². The second-order valence-corrected chi connectivity index (χ2v) is 7.98. The van der Waals surface area contributed by atoms with Gasteiger partial charge in [0, 0.05) is 20.1 Å². The Hall–Kier alpha value is -3.86. The fraction of sp³-hybridized carbons (Fsp3) is 0.320. The molecule has 0 aliphatic heterocycles. The molecular formula is C25H30FN7. The van der Waals surface area contributed by atoms with Crippen LogP contribution in [0.25, 0.3) is 5.69 Å². The summed E-state index contributed by atoms with van der Waals surface area (Å²) < 4.78 is 14.7. The largest absolute Gasteiger partial charge is 0.382 e. The van der Waals surface area contributed by atoms with Gasteiger partial charge in [-0.25, -0.2) is 9.07 Å². The van der Waals surface area contributed by atoms with Crippen molar-refractivity contribution >= 4 is 11.8 Å². The highest BCUT2D eigenvalue weighted by molar-refractivity contribution is 5.79. The van der Waals surface area contributed by atoms with Crippen molar-refractivity contribution in [2.24, 2.45) is 4.99 Å². The minimum absolute atomic E-state index is 0.260. The molecule has 0 radical (unpaired) electrons. The van der Waals surface area contributed by atoms with Crippen LogP contribution in [0.4, 0.5) is 10.2 Å². The van der Waals surface area contributed by atoms with Gasteiger partial charge >= 0.3 is 0 Å². The fourth-order valence-corrected chi connectivity index (χ4v) is 3.78. The number of nitrogens with one attached hydrogen (secondary N) is 2. The molecule has 1 aromatic heterocycles. The number of aliphatic imine (C=N–C) groups is 1. The highest BCUT2D eigenvalue weighted by Gasteiger charge is 2.16. The molecule has 0 aliphatic rings. The van der Waals surface area contributed by atoms with E-state index in [1.807, 2.05) is 0 Å². The van der Waals surface area contributed by atoms with Crippen molar-refractivity contribution in [3.63, 3.8) is 0 Å². The lowest BCUT2D eigenvalue weighted by atomic mass is 10.1. The van der Waals surface area contributed by atoms with Crippen molar-refractivity contribution in [3.8, 4) is 11.8 Å². The van der Waals surface area contributed by atoms with Gasteiger partial charge in [-0.15, -0.1) is 0 Å². The Morgan fingerprint density at radius 1 is 1.09 bits per heavy atom. The van der Waals surface area contributed by atoms with Crippen LogP contribution >= 0.6 is 0 Å². The number of hydrogen-bond acceptors (Lipinski definition) is 4. The maximum absolute atomic E-state index is 13.2. The van der Waals surface area contributed by atoms with E-state index in [1.54, 1.807) is 19.2 Å². The first-order chi connectivity index (χ1) is 15.9. The molecule has 0 atom stereocenters. The zero-order valence-corrected chi connectivity index (χ0v) is 19.3. The molecule has 0 unspecified atom stereocenters. The first-order valence-electron chi connectivity index (χ1n) is 11.0. The topological polar surface area (TPSA) is 104 Å². The van der Waals surface area contributed by atoms with Crippen molar-refractivity contribution in [2.75, 3.05) is 25.9 Å². The van der Waals surface area contributed by atoms with Crippen LogP contribution in [0, 0.1) is 31.0 Å². The van der Waals surface area contributed by atoms with Gasteiger partial charge in [-0.1, -0.05) is 29.3 Å². The van der Waals surface area contributed by atoms with Crippen molar-refractivity contribution in [3.05, 3.63) is 76.2 Å². The highest BCUT2D eigenvalue weighted by atomic mass is 19.1. The first-order valence-corrected chi connectivity index (χ1v) is 11.0. The van der Waals surface area contributed by atoms with Crippen LogP contribution < -0.4 is 16.4 Å². The molecule has 0 amide bonds. The van der Waals surface area contributed by atoms with Gasteiger partial charge in [-0.05, 0) is 62.9 Å². The minimum Gasteiger partial charge on any atom is -0.382 e. The van der Waals surface area contributed by atoms with E-state index in [-0.39, 0.29) is 11.6 Å². The third-order valence-corrected chi connectivity index (χ3v) is 5.27. The molecule has 0 saturated heterocycles. The van der Waals surface area contributed by atoms with E-state index >= 15 is 0 Å². The van der Waals surface area contributed by atoms with Gasteiger partial charge in [0.2, 0.25) is 0 Å². The van der Waals surface area contributed by atoms with Crippen LogP contribution in [-0.4, -0.2) is 35.9 Å². The third kappa shape index (κ3) is 6.32. The Labute approximate surface area is 194 Å². The number of nitrogens with two attached hydrogens (primary N) is 1. The molecule has 0 spiro atoms. The molecule has 4 N–H and O–H groups in total. The summed E-state index contributed by atoms with van der Waals surface area (Å²) in [6, 6.07) is 14.6. The molecule has 0 aliphatic carbocycles. The van der Waals surface area contributed by atoms with Crippen LogP contribution in [0.15, 0.2) is 47.5 Å². The van der Waals surface area contributed by atoms with Gasteiger partial charge in [0.15, 0.2) is 5.96 Å². The molecule has 3 aromatic rings. The number of nitrogen functional groups attached to an aromatic ring is 1. The molecule has 33 heavy (non-hydrogen) atoms. The number of halogens is 1. The predicted octanol–water partition coefficient (Wildman–Crippen LogP) is 3.42. The zero-order chi connectivity index (χ0) is 23.8. The maximum atomic E-state index is 13.2. The predicted molar refractivity (Wildman–Crippen MR) is 130 cm³/mol. The summed E-state index contributed by atoms with van der Waals surface area (Å²) in [7, 11) is 1.74. The number of rotatable bonds is 8. The zero-order valence-electron chi connectivity index (χ0n) is 19.3. The van der Waals surface area contributed by atoms with Gasteiger partial charge < -0.3 is 16.4 Å². The number of guanidine groups is 1. The van der Waals surface area contributed by atoms with E-state index in [2.05, 4.69) is 58.8 Å². The van der Waals surface area contributed by atoms with Gasteiger partial charge in [0.1, 0.15) is 23.3 Å². The quantitative estimate of drug-likeness (QED) is 0.279. The van der Waals surface area contributed by atoms with Crippen molar-refractivity contribution < 1.29 is 4.39 Å². The average Bonchev–Trinajstić information content (AvgIpc) is 3.10. The van der Waals surface area contributed by atoms with Gasteiger partial charge in [-0.3, -0.25) is 4.99 Å². The first kappa shape index (κ1) is 23.8. The second-order valence-electron chi connectivity index (χ2n) is 7.98. The molecule has 8 heteroatoms. The second kappa shape index (κ2) is 11.1. The average molecular weight is 448 g/mol.